The van der Waals surface area contributed by atoms with Gasteiger partial charge in [-0.3, -0.25) is 0 Å². The smallest absolute Gasteiger partial charge is 0.123 e. The van der Waals surface area contributed by atoms with E-state index in [1.54, 1.807) is 0 Å². The van der Waals surface area contributed by atoms with Crippen molar-refractivity contribution >= 4 is 16.5 Å². The van der Waals surface area contributed by atoms with Gasteiger partial charge in [0.1, 0.15) is 5.82 Å². The molecule has 27 heavy (non-hydrogen) atoms. The van der Waals surface area contributed by atoms with Gasteiger partial charge in [0.15, 0.2) is 0 Å². The van der Waals surface area contributed by atoms with Gasteiger partial charge in [-0.1, -0.05) is 30.3 Å². The highest BCUT2D eigenvalue weighted by Gasteiger charge is 2.24. The second-order valence-corrected chi connectivity index (χ2v) is 7.83. The van der Waals surface area contributed by atoms with Crippen molar-refractivity contribution in [3.8, 4) is 0 Å². The summed E-state index contributed by atoms with van der Waals surface area (Å²) < 4.78 is 15.8. The fourth-order valence-electron chi connectivity index (χ4n) is 4.31. The van der Waals surface area contributed by atoms with E-state index < -0.39 is 0 Å². The summed E-state index contributed by atoms with van der Waals surface area (Å²) in [6.45, 7) is 10.9. The maximum atomic E-state index is 13.3. The first-order chi connectivity index (χ1) is 13.0. The second kappa shape index (κ2) is 6.97. The molecule has 0 saturated heterocycles. The van der Waals surface area contributed by atoms with Crippen molar-refractivity contribution in [1.29, 1.82) is 0 Å². The highest BCUT2D eigenvalue weighted by atomic mass is 19.1. The zero-order valence-corrected chi connectivity index (χ0v) is 16.4. The molecule has 1 aliphatic rings. The van der Waals surface area contributed by atoms with E-state index in [1.807, 2.05) is 12.1 Å². The molecule has 0 unspecified atom stereocenters. The van der Waals surface area contributed by atoms with Crippen LogP contribution in [0.25, 0.3) is 16.5 Å². The summed E-state index contributed by atoms with van der Waals surface area (Å²) >= 11 is 0. The van der Waals surface area contributed by atoms with Crippen molar-refractivity contribution in [2.45, 2.75) is 32.7 Å². The van der Waals surface area contributed by atoms with Crippen molar-refractivity contribution in [2.24, 2.45) is 0 Å². The minimum atomic E-state index is -0.210. The van der Waals surface area contributed by atoms with Crippen LogP contribution in [0.5, 0.6) is 0 Å². The van der Waals surface area contributed by atoms with Crippen molar-refractivity contribution in [1.82, 2.24) is 9.47 Å². The zero-order chi connectivity index (χ0) is 19.1. The summed E-state index contributed by atoms with van der Waals surface area (Å²) in [4.78, 5) is 2.41. The third-order valence-electron chi connectivity index (χ3n) is 5.96. The Kier molecular flexibility index (Phi) is 4.65. The summed E-state index contributed by atoms with van der Waals surface area (Å²) in [5.74, 6) is -0.210. The van der Waals surface area contributed by atoms with E-state index in [2.05, 4.69) is 55.1 Å². The first-order valence-corrected chi connectivity index (χ1v) is 9.71. The van der Waals surface area contributed by atoms with Crippen LogP contribution in [-0.2, 0) is 12.8 Å². The highest BCUT2D eigenvalue weighted by Crippen LogP contribution is 2.36. The minimum absolute atomic E-state index is 0.118. The van der Waals surface area contributed by atoms with Gasteiger partial charge in [-0.2, -0.15) is 0 Å². The SMILES string of the molecule is C=C(c1ccc(F)cc1)[C@H](C)n1c2c(c3cc(C)ccc31)CCN(C)CC2. The van der Waals surface area contributed by atoms with Crippen LogP contribution in [0.4, 0.5) is 4.39 Å². The summed E-state index contributed by atoms with van der Waals surface area (Å²) in [6, 6.07) is 13.6. The molecule has 0 amide bonds. The van der Waals surface area contributed by atoms with Crippen molar-refractivity contribution < 1.29 is 4.39 Å². The number of hydrogen-bond acceptors (Lipinski definition) is 1. The molecule has 3 aromatic rings. The van der Waals surface area contributed by atoms with Crippen molar-refractivity contribution in [2.75, 3.05) is 20.1 Å². The van der Waals surface area contributed by atoms with Gasteiger partial charge < -0.3 is 9.47 Å². The maximum absolute atomic E-state index is 13.3. The molecular weight excluding hydrogens is 335 g/mol. The van der Waals surface area contributed by atoms with Crippen LogP contribution < -0.4 is 0 Å². The average molecular weight is 362 g/mol. The Hall–Kier alpha value is -2.39. The molecule has 1 aliphatic heterocycles. The lowest BCUT2D eigenvalue weighted by atomic mass is 10.0. The molecule has 140 valence electrons. The molecular formula is C24H27FN2. The number of allylic oxidation sites excluding steroid dienone is 1. The van der Waals surface area contributed by atoms with Crippen LogP contribution in [-0.4, -0.2) is 29.6 Å². The number of nitrogens with zero attached hydrogens (tertiary/aromatic N) is 2. The largest absolute Gasteiger partial charge is 0.337 e. The van der Waals surface area contributed by atoms with Crippen LogP contribution >= 0.6 is 0 Å². The molecule has 1 atom stereocenters. The Bertz CT molecular complexity index is 997. The molecule has 2 heterocycles. The third kappa shape index (κ3) is 3.21. The molecule has 0 fully saturated rings. The zero-order valence-electron chi connectivity index (χ0n) is 16.4. The van der Waals surface area contributed by atoms with Gasteiger partial charge in [0, 0.05) is 36.1 Å². The number of benzene rings is 2. The number of rotatable bonds is 3. The molecule has 4 rings (SSSR count). The second-order valence-electron chi connectivity index (χ2n) is 7.83. The molecule has 0 N–H and O–H groups in total. The van der Waals surface area contributed by atoms with Gasteiger partial charge in [0.2, 0.25) is 0 Å². The fraction of sp³-hybridized carbons (Fsp3) is 0.333. The standard InChI is InChI=1S/C24H27FN2/c1-16-5-10-23-22(15-16)21-11-13-26(4)14-12-24(21)27(23)18(3)17(2)19-6-8-20(25)9-7-19/h5-10,15,18H,2,11-14H2,1,3-4H3/t18-/m0/s1. The number of aryl methyl sites for hydroxylation is 1. The van der Waals surface area contributed by atoms with Crippen LogP contribution in [0.15, 0.2) is 49.0 Å². The van der Waals surface area contributed by atoms with Gasteiger partial charge in [0.05, 0.1) is 6.04 Å². The summed E-state index contributed by atoms with van der Waals surface area (Å²) in [7, 11) is 2.20. The number of aromatic nitrogens is 1. The van der Waals surface area contributed by atoms with Gasteiger partial charge in [-0.15, -0.1) is 0 Å². The minimum Gasteiger partial charge on any atom is -0.337 e. The first-order valence-electron chi connectivity index (χ1n) is 9.71. The van der Waals surface area contributed by atoms with E-state index in [1.165, 1.54) is 39.9 Å². The Morgan fingerprint density at radius 3 is 2.52 bits per heavy atom. The molecule has 2 nitrogen and oxygen atoms in total. The Morgan fingerprint density at radius 1 is 1.07 bits per heavy atom. The van der Waals surface area contributed by atoms with Gasteiger partial charge in [-0.25, -0.2) is 4.39 Å². The van der Waals surface area contributed by atoms with E-state index in [4.69, 9.17) is 0 Å². The molecule has 3 heteroatoms. The molecule has 0 saturated carbocycles. The summed E-state index contributed by atoms with van der Waals surface area (Å²) in [5, 5.41) is 1.37. The predicted molar refractivity (Wildman–Crippen MR) is 112 cm³/mol. The van der Waals surface area contributed by atoms with Crippen LogP contribution in [0, 0.1) is 12.7 Å². The first kappa shape index (κ1) is 18.0. The monoisotopic (exact) mass is 362 g/mol. The quantitative estimate of drug-likeness (QED) is 0.606. The fourth-order valence-corrected chi connectivity index (χ4v) is 4.31. The van der Waals surface area contributed by atoms with E-state index in [0.717, 1.165) is 37.1 Å². The molecule has 1 aromatic heterocycles. The number of likely N-dealkylation sites (N-methyl/N-ethyl adjacent to an activating group) is 1. The van der Waals surface area contributed by atoms with Gasteiger partial charge in [-0.05, 0) is 68.3 Å². The molecule has 0 radical (unpaired) electrons. The lowest BCUT2D eigenvalue weighted by molar-refractivity contribution is 0.350. The van der Waals surface area contributed by atoms with Gasteiger partial charge in [0.25, 0.3) is 0 Å². The Balaban J connectivity index is 1.85. The average Bonchev–Trinajstić information content (AvgIpc) is 2.83. The van der Waals surface area contributed by atoms with Gasteiger partial charge >= 0.3 is 0 Å². The number of fused-ring (bicyclic) bond motifs is 3. The normalized spacial score (nSPS) is 16.1. The Morgan fingerprint density at radius 2 is 1.78 bits per heavy atom. The lowest BCUT2D eigenvalue weighted by Crippen LogP contribution is -2.21. The summed E-state index contributed by atoms with van der Waals surface area (Å²) in [5.41, 5.74) is 7.51. The van der Waals surface area contributed by atoms with E-state index in [0.29, 0.717) is 0 Å². The van der Waals surface area contributed by atoms with E-state index in [-0.39, 0.29) is 11.9 Å². The molecule has 0 spiro atoms. The van der Waals surface area contributed by atoms with Crippen LogP contribution in [0.3, 0.4) is 0 Å². The van der Waals surface area contributed by atoms with E-state index in [9.17, 15) is 4.39 Å². The van der Waals surface area contributed by atoms with Crippen molar-refractivity contribution in [3.05, 3.63) is 77.2 Å². The molecule has 0 aliphatic carbocycles. The van der Waals surface area contributed by atoms with Crippen LogP contribution in [0.1, 0.15) is 35.3 Å². The maximum Gasteiger partial charge on any atom is 0.123 e. The molecule has 0 bridgehead atoms. The predicted octanol–water partition coefficient (Wildman–Crippen LogP) is 5.39. The Labute approximate surface area is 160 Å². The summed E-state index contributed by atoms with van der Waals surface area (Å²) in [6.07, 6.45) is 2.12. The highest BCUT2D eigenvalue weighted by molar-refractivity contribution is 5.87. The van der Waals surface area contributed by atoms with Crippen molar-refractivity contribution in [3.63, 3.8) is 0 Å². The molecule has 2 aromatic carbocycles. The number of halogens is 1. The third-order valence-corrected chi connectivity index (χ3v) is 5.96. The lowest BCUT2D eigenvalue weighted by Gasteiger charge is -2.22. The van der Waals surface area contributed by atoms with Crippen LogP contribution in [0.2, 0.25) is 0 Å². The number of hydrogen-bond donors (Lipinski definition) is 0. The van der Waals surface area contributed by atoms with E-state index >= 15 is 0 Å². The topological polar surface area (TPSA) is 8.17 Å².